The Morgan fingerprint density at radius 2 is 1.10 bits per heavy atom. The molecule has 8 aromatic rings. The van der Waals surface area contributed by atoms with Gasteiger partial charge in [0, 0.05) is 22.2 Å². The van der Waals surface area contributed by atoms with Crippen molar-refractivity contribution in [3.8, 4) is 33.4 Å². The number of nitrogens with zero attached hydrogens (tertiary/aromatic N) is 1. The summed E-state index contributed by atoms with van der Waals surface area (Å²) in [7, 11) is -1.47. The quantitative estimate of drug-likeness (QED) is 0.104. The van der Waals surface area contributed by atoms with E-state index in [2.05, 4.69) is 240 Å². The van der Waals surface area contributed by atoms with Crippen molar-refractivity contribution in [1.29, 1.82) is 0 Å². The average molecular weight is 778 g/mol. The van der Waals surface area contributed by atoms with Crippen LogP contribution >= 0.6 is 0 Å². The minimum Gasteiger partial charge on any atom is -0.310 e. The molecule has 2 heteroatoms. The van der Waals surface area contributed by atoms with Gasteiger partial charge in [-0.3, -0.25) is 0 Å². The van der Waals surface area contributed by atoms with Crippen LogP contribution in [0.4, 0.5) is 17.1 Å². The monoisotopic (exact) mass is 777 g/mol. The summed E-state index contributed by atoms with van der Waals surface area (Å²) in [5.41, 5.74) is 15.8. The van der Waals surface area contributed by atoms with Crippen LogP contribution in [0.25, 0.3) is 60.5 Å². The maximum absolute atomic E-state index is 4.34. The van der Waals surface area contributed by atoms with E-state index in [-0.39, 0.29) is 5.41 Å². The SMILES string of the molecule is C=CC1=C(/C=C\C)C(C)(C)c2ccc(-c3ccccc3)c(-c3ccc(-c4ccc(N(c5ccc([Si](C)(C)C)cc5)c5cc6ccccc6c6ccccc56)cc4)cc3)c21. The summed E-state index contributed by atoms with van der Waals surface area (Å²) in [6.45, 7) is 18.3. The minimum absolute atomic E-state index is 0.138. The molecule has 288 valence electrons. The summed E-state index contributed by atoms with van der Waals surface area (Å²) in [6.07, 6.45) is 6.47. The molecule has 1 aliphatic carbocycles. The van der Waals surface area contributed by atoms with E-state index in [9.17, 15) is 0 Å². The van der Waals surface area contributed by atoms with Gasteiger partial charge in [-0.05, 0) is 109 Å². The van der Waals surface area contributed by atoms with Gasteiger partial charge in [-0.25, -0.2) is 0 Å². The number of allylic oxidation sites excluding steroid dienone is 5. The van der Waals surface area contributed by atoms with E-state index in [0.717, 1.165) is 11.4 Å². The molecule has 0 radical (unpaired) electrons. The van der Waals surface area contributed by atoms with E-state index in [0.29, 0.717) is 0 Å². The molecule has 59 heavy (non-hydrogen) atoms. The van der Waals surface area contributed by atoms with Crippen LogP contribution in [0.1, 0.15) is 31.9 Å². The topological polar surface area (TPSA) is 3.24 Å². The predicted octanol–water partition coefficient (Wildman–Crippen LogP) is 15.8. The standard InChI is InChI=1S/C57H51NSi/c1-8-17-52-47(9-2)56-53(57(52,3)4)37-36-49(41-18-11-10-12-19-41)55(56)42-26-24-39(25-27-42)40-28-30-44(31-29-40)58(45-32-34-46(35-33-45)59(5,6)7)54-38-43-20-13-14-21-48(43)50-22-15-16-23-51(50)54/h8-38H,2H2,1,3-7H3/b17-8-. The van der Waals surface area contributed by atoms with Crippen LogP contribution in [0.2, 0.25) is 19.6 Å². The predicted molar refractivity (Wildman–Crippen MR) is 260 cm³/mol. The third-order valence-corrected chi connectivity index (χ3v) is 14.4. The third-order valence-electron chi connectivity index (χ3n) is 12.3. The van der Waals surface area contributed by atoms with Gasteiger partial charge in [0.15, 0.2) is 0 Å². The maximum Gasteiger partial charge on any atom is 0.0775 e. The van der Waals surface area contributed by atoms with Crippen LogP contribution < -0.4 is 10.1 Å². The van der Waals surface area contributed by atoms with E-state index in [1.165, 1.54) is 88.1 Å². The molecule has 0 aliphatic heterocycles. The Balaban J connectivity index is 1.15. The Bertz CT molecular complexity index is 2920. The number of fused-ring (bicyclic) bond motifs is 4. The minimum atomic E-state index is -1.47. The molecule has 1 aliphatic rings. The molecular formula is C57H51NSi. The van der Waals surface area contributed by atoms with Gasteiger partial charge in [0.25, 0.3) is 0 Å². The summed E-state index contributed by atoms with van der Waals surface area (Å²) in [4.78, 5) is 2.44. The van der Waals surface area contributed by atoms with Crippen molar-refractivity contribution in [3.63, 3.8) is 0 Å². The van der Waals surface area contributed by atoms with E-state index in [4.69, 9.17) is 0 Å². The molecule has 0 fully saturated rings. The lowest BCUT2D eigenvalue weighted by Crippen LogP contribution is -2.37. The molecule has 9 rings (SSSR count). The molecule has 0 saturated carbocycles. The average Bonchev–Trinajstić information content (AvgIpc) is 3.48. The van der Waals surface area contributed by atoms with Crippen LogP contribution in [0.5, 0.6) is 0 Å². The maximum atomic E-state index is 4.34. The van der Waals surface area contributed by atoms with Gasteiger partial charge in [-0.1, -0.05) is 203 Å². The Hall–Kier alpha value is -6.48. The molecule has 0 N–H and O–H groups in total. The van der Waals surface area contributed by atoms with Gasteiger partial charge in [-0.15, -0.1) is 0 Å². The first kappa shape index (κ1) is 38.1. The molecule has 0 unspecified atom stereocenters. The molecule has 8 aromatic carbocycles. The highest BCUT2D eigenvalue weighted by Gasteiger charge is 2.38. The van der Waals surface area contributed by atoms with Crippen molar-refractivity contribution in [2.24, 2.45) is 0 Å². The number of rotatable bonds is 9. The van der Waals surface area contributed by atoms with Crippen molar-refractivity contribution < 1.29 is 0 Å². The number of hydrogen-bond acceptors (Lipinski definition) is 1. The van der Waals surface area contributed by atoms with Gasteiger partial charge in [0.1, 0.15) is 0 Å². The van der Waals surface area contributed by atoms with E-state index >= 15 is 0 Å². The Morgan fingerprint density at radius 3 is 1.73 bits per heavy atom. The normalized spacial score (nSPS) is 13.7. The van der Waals surface area contributed by atoms with Crippen LogP contribution in [0.3, 0.4) is 0 Å². The first-order chi connectivity index (χ1) is 28.6. The second kappa shape index (κ2) is 15.0. The number of anilines is 3. The summed E-state index contributed by atoms with van der Waals surface area (Å²) >= 11 is 0. The highest BCUT2D eigenvalue weighted by atomic mass is 28.3. The molecular weight excluding hydrogens is 727 g/mol. The number of benzene rings is 8. The fourth-order valence-corrected chi connectivity index (χ4v) is 10.4. The lowest BCUT2D eigenvalue weighted by Gasteiger charge is -2.28. The van der Waals surface area contributed by atoms with Gasteiger partial charge in [-0.2, -0.15) is 0 Å². The van der Waals surface area contributed by atoms with E-state index in [1.807, 2.05) is 0 Å². The zero-order chi connectivity index (χ0) is 40.9. The van der Waals surface area contributed by atoms with E-state index < -0.39 is 8.07 Å². The van der Waals surface area contributed by atoms with Gasteiger partial charge < -0.3 is 4.90 Å². The molecule has 0 heterocycles. The Morgan fingerprint density at radius 1 is 0.542 bits per heavy atom. The van der Waals surface area contributed by atoms with Crippen molar-refractivity contribution in [3.05, 3.63) is 211 Å². The molecule has 0 bridgehead atoms. The summed E-state index contributed by atoms with van der Waals surface area (Å²) in [5, 5.41) is 6.46. The van der Waals surface area contributed by atoms with Crippen LogP contribution in [-0.4, -0.2) is 8.07 Å². The molecule has 0 saturated heterocycles. The van der Waals surface area contributed by atoms with Crippen LogP contribution in [0.15, 0.2) is 200 Å². The van der Waals surface area contributed by atoms with Crippen LogP contribution in [0, 0.1) is 0 Å². The first-order valence-electron chi connectivity index (χ1n) is 20.8. The Labute approximate surface area is 351 Å². The second-order valence-corrected chi connectivity index (χ2v) is 22.4. The summed E-state index contributed by atoms with van der Waals surface area (Å²) in [6, 6.07) is 63.0. The summed E-state index contributed by atoms with van der Waals surface area (Å²) in [5.74, 6) is 0. The molecule has 1 nitrogen and oxygen atoms in total. The third kappa shape index (κ3) is 6.68. The van der Waals surface area contributed by atoms with E-state index in [1.54, 1.807) is 0 Å². The fraction of sp³-hybridized carbons (Fsp3) is 0.123. The first-order valence-corrected chi connectivity index (χ1v) is 24.3. The molecule has 0 atom stereocenters. The molecule has 0 amide bonds. The highest BCUT2D eigenvalue weighted by Crippen LogP contribution is 2.53. The highest BCUT2D eigenvalue weighted by molar-refractivity contribution is 6.88. The molecule has 0 spiro atoms. The fourth-order valence-electron chi connectivity index (χ4n) is 9.24. The van der Waals surface area contributed by atoms with Crippen LogP contribution in [-0.2, 0) is 5.41 Å². The van der Waals surface area contributed by atoms with Crippen molar-refractivity contribution in [1.82, 2.24) is 0 Å². The lowest BCUT2D eigenvalue weighted by molar-refractivity contribution is 0.654. The van der Waals surface area contributed by atoms with Gasteiger partial charge in [0.05, 0.1) is 13.8 Å². The zero-order valence-corrected chi connectivity index (χ0v) is 36.1. The van der Waals surface area contributed by atoms with Crippen molar-refractivity contribution in [2.75, 3.05) is 4.90 Å². The lowest BCUT2D eigenvalue weighted by atomic mass is 9.79. The Kier molecular flexibility index (Phi) is 9.70. The number of hydrogen-bond donors (Lipinski definition) is 0. The zero-order valence-electron chi connectivity index (χ0n) is 35.1. The smallest absolute Gasteiger partial charge is 0.0775 e. The van der Waals surface area contributed by atoms with Crippen molar-refractivity contribution in [2.45, 2.75) is 45.8 Å². The van der Waals surface area contributed by atoms with Gasteiger partial charge >= 0.3 is 0 Å². The van der Waals surface area contributed by atoms with Gasteiger partial charge in [0.2, 0.25) is 0 Å². The summed E-state index contributed by atoms with van der Waals surface area (Å²) < 4.78 is 0. The van der Waals surface area contributed by atoms with Crippen molar-refractivity contribution >= 4 is 57.4 Å². The molecule has 0 aromatic heterocycles. The second-order valence-electron chi connectivity index (χ2n) is 17.4. The largest absolute Gasteiger partial charge is 0.310 e.